The number of carbonyl (C=O) groups excluding carboxylic acids is 1. The number of hydrogen-bond acceptors (Lipinski definition) is 3. The first-order valence-corrected chi connectivity index (χ1v) is 7.51. The fourth-order valence-electron chi connectivity index (χ4n) is 2.26. The van der Waals surface area contributed by atoms with Gasteiger partial charge in [0.1, 0.15) is 5.75 Å². The van der Waals surface area contributed by atoms with Gasteiger partial charge in [-0.15, -0.1) is 0 Å². The van der Waals surface area contributed by atoms with Gasteiger partial charge in [0.05, 0.1) is 5.71 Å². The molecule has 120 valence electrons. The molecule has 0 bridgehead atoms. The van der Waals surface area contributed by atoms with Gasteiger partial charge in [0.15, 0.2) is 0 Å². The Kier molecular flexibility index (Phi) is 4.43. The summed E-state index contributed by atoms with van der Waals surface area (Å²) in [6.45, 7) is 1.79. The second-order valence-corrected chi connectivity index (χ2v) is 5.32. The first kappa shape index (κ1) is 15.6. The van der Waals surface area contributed by atoms with E-state index < -0.39 is 0 Å². The Balaban J connectivity index is 1.68. The number of nitrogens with zero attached hydrogens (tertiary/aromatic N) is 2. The molecule has 1 amide bonds. The molecule has 1 heterocycles. The molecule has 24 heavy (non-hydrogen) atoms. The largest absolute Gasteiger partial charge is 0.508 e. The number of hydrogen-bond donors (Lipinski definition) is 2. The van der Waals surface area contributed by atoms with Gasteiger partial charge in [0, 0.05) is 23.6 Å². The van der Waals surface area contributed by atoms with Crippen molar-refractivity contribution in [3.05, 3.63) is 84.2 Å². The molecule has 0 spiro atoms. The van der Waals surface area contributed by atoms with Crippen molar-refractivity contribution in [2.24, 2.45) is 5.10 Å². The molecular weight excluding hydrogens is 302 g/mol. The van der Waals surface area contributed by atoms with Crippen LogP contribution < -0.4 is 5.43 Å². The Labute approximate surface area is 139 Å². The summed E-state index contributed by atoms with van der Waals surface area (Å²) < 4.78 is 1.97. The third-order valence-corrected chi connectivity index (χ3v) is 3.64. The van der Waals surface area contributed by atoms with Crippen molar-refractivity contribution >= 4 is 11.6 Å². The fourth-order valence-corrected chi connectivity index (χ4v) is 2.26. The SMILES string of the molecule is C/C(=N/NC(=O)c1ccc(-n2cccc2)cc1)c1ccc(O)cc1. The number of phenols is 1. The predicted molar refractivity (Wildman–Crippen MR) is 93.6 cm³/mol. The summed E-state index contributed by atoms with van der Waals surface area (Å²) in [5, 5.41) is 13.4. The number of rotatable bonds is 4. The third kappa shape index (κ3) is 3.52. The van der Waals surface area contributed by atoms with Crippen molar-refractivity contribution in [3.63, 3.8) is 0 Å². The highest BCUT2D eigenvalue weighted by Crippen LogP contribution is 2.11. The lowest BCUT2D eigenvalue weighted by Gasteiger charge is -2.05. The van der Waals surface area contributed by atoms with Crippen LogP contribution >= 0.6 is 0 Å². The van der Waals surface area contributed by atoms with Gasteiger partial charge in [-0.1, -0.05) is 0 Å². The van der Waals surface area contributed by atoms with E-state index in [4.69, 9.17) is 0 Å². The van der Waals surface area contributed by atoms with E-state index in [0.717, 1.165) is 11.3 Å². The van der Waals surface area contributed by atoms with Crippen LogP contribution in [0.1, 0.15) is 22.8 Å². The summed E-state index contributed by atoms with van der Waals surface area (Å²) in [7, 11) is 0. The summed E-state index contributed by atoms with van der Waals surface area (Å²) in [6.07, 6.45) is 3.89. The van der Waals surface area contributed by atoms with Gasteiger partial charge < -0.3 is 9.67 Å². The van der Waals surface area contributed by atoms with Crippen LogP contribution in [0.15, 0.2) is 78.2 Å². The molecule has 2 aromatic carbocycles. The van der Waals surface area contributed by atoms with E-state index in [9.17, 15) is 9.90 Å². The fraction of sp³-hybridized carbons (Fsp3) is 0.0526. The van der Waals surface area contributed by atoms with Gasteiger partial charge in [-0.2, -0.15) is 5.10 Å². The van der Waals surface area contributed by atoms with Gasteiger partial charge >= 0.3 is 0 Å². The van der Waals surface area contributed by atoms with E-state index in [2.05, 4.69) is 10.5 Å². The van der Waals surface area contributed by atoms with E-state index in [1.807, 2.05) is 41.2 Å². The van der Waals surface area contributed by atoms with Crippen molar-refractivity contribution in [1.29, 1.82) is 0 Å². The number of benzene rings is 2. The lowest BCUT2D eigenvalue weighted by molar-refractivity contribution is 0.0955. The summed E-state index contributed by atoms with van der Waals surface area (Å²) in [5.74, 6) is -0.0782. The summed E-state index contributed by atoms with van der Waals surface area (Å²) in [5.41, 5.74) is 5.56. The van der Waals surface area contributed by atoms with Gasteiger partial charge in [-0.05, 0) is 73.2 Å². The number of aromatic hydroxyl groups is 1. The number of carbonyl (C=O) groups is 1. The van der Waals surface area contributed by atoms with Crippen LogP contribution in [-0.4, -0.2) is 21.3 Å². The van der Waals surface area contributed by atoms with Crippen molar-refractivity contribution in [2.45, 2.75) is 6.92 Å². The van der Waals surface area contributed by atoms with Crippen molar-refractivity contribution in [3.8, 4) is 11.4 Å². The average molecular weight is 319 g/mol. The van der Waals surface area contributed by atoms with Crippen LogP contribution in [0.3, 0.4) is 0 Å². The minimum absolute atomic E-state index is 0.193. The molecular formula is C19H17N3O2. The zero-order valence-corrected chi connectivity index (χ0v) is 13.2. The quantitative estimate of drug-likeness (QED) is 0.572. The van der Waals surface area contributed by atoms with Crippen LogP contribution in [-0.2, 0) is 0 Å². The maximum Gasteiger partial charge on any atom is 0.271 e. The highest BCUT2D eigenvalue weighted by molar-refractivity contribution is 6.00. The minimum atomic E-state index is -0.271. The zero-order chi connectivity index (χ0) is 16.9. The van der Waals surface area contributed by atoms with Crippen LogP contribution in [0.2, 0.25) is 0 Å². The first-order chi connectivity index (χ1) is 11.6. The molecule has 3 rings (SSSR count). The number of aromatic nitrogens is 1. The van der Waals surface area contributed by atoms with Crippen molar-refractivity contribution < 1.29 is 9.90 Å². The monoisotopic (exact) mass is 319 g/mol. The van der Waals surface area contributed by atoms with Gasteiger partial charge in [-0.3, -0.25) is 4.79 Å². The van der Waals surface area contributed by atoms with Gasteiger partial charge in [-0.25, -0.2) is 5.43 Å². The highest BCUT2D eigenvalue weighted by atomic mass is 16.3. The number of amides is 1. The second-order valence-electron chi connectivity index (χ2n) is 5.32. The van der Waals surface area contributed by atoms with Crippen LogP contribution in [0, 0.1) is 0 Å². The highest BCUT2D eigenvalue weighted by Gasteiger charge is 2.05. The minimum Gasteiger partial charge on any atom is -0.508 e. The number of phenolic OH excluding ortho intramolecular Hbond substituents is 1. The molecule has 0 fully saturated rings. The topological polar surface area (TPSA) is 66.6 Å². The summed E-state index contributed by atoms with van der Waals surface area (Å²) in [4.78, 5) is 12.2. The Morgan fingerprint density at radius 3 is 2.17 bits per heavy atom. The van der Waals surface area contributed by atoms with E-state index in [0.29, 0.717) is 11.3 Å². The van der Waals surface area contributed by atoms with E-state index in [-0.39, 0.29) is 11.7 Å². The number of hydrazone groups is 1. The molecule has 0 saturated carbocycles. The summed E-state index contributed by atoms with van der Waals surface area (Å²) >= 11 is 0. The molecule has 5 nitrogen and oxygen atoms in total. The van der Waals surface area contributed by atoms with Crippen LogP contribution in [0.25, 0.3) is 5.69 Å². The van der Waals surface area contributed by atoms with Crippen LogP contribution in [0.5, 0.6) is 5.75 Å². The molecule has 0 unspecified atom stereocenters. The summed E-state index contributed by atoms with van der Waals surface area (Å²) in [6, 6.07) is 17.8. The second kappa shape index (κ2) is 6.83. The maximum absolute atomic E-state index is 12.2. The first-order valence-electron chi connectivity index (χ1n) is 7.51. The van der Waals surface area contributed by atoms with E-state index in [1.165, 1.54) is 0 Å². The van der Waals surface area contributed by atoms with E-state index >= 15 is 0 Å². The lowest BCUT2D eigenvalue weighted by atomic mass is 10.1. The molecule has 0 atom stereocenters. The molecule has 1 aromatic heterocycles. The average Bonchev–Trinajstić information content (AvgIpc) is 3.15. The molecule has 0 radical (unpaired) electrons. The lowest BCUT2D eigenvalue weighted by Crippen LogP contribution is -2.19. The Hall–Kier alpha value is -3.34. The Morgan fingerprint density at radius 2 is 1.54 bits per heavy atom. The molecule has 0 aliphatic rings. The van der Waals surface area contributed by atoms with Gasteiger partial charge in [0.2, 0.25) is 0 Å². The molecule has 3 aromatic rings. The smallest absolute Gasteiger partial charge is 0.271 e. The predicted octanol–water partition coefficient (Wildman–Crippen LogP) is 3.34. The normalized spacial score (nSPS) is 11.3. The standard InChI is InChI=1S/C19H17N3O2/c1-14(15-6-10-18(23)11-7-15)20-21-19(24)16-4-8-17(9-5-16)22-12-2-3-13-22/h2-13,23H,1H3,(H,21,24)/b20-14-. The van der Waals surface area contributed by atoms with E-state index in [1.54, 1.807) is 43.3 Å². The van der Waals surface area contributed by atoms with Crippen molar-refractivity contribution in [1.82, 2.24) is 9.99 Å². The third-order valence-electron chi connectivity index (χ3n) is 3.64. The van der Waals surface area contributed by atoms with Crippen molar-refractivity contribution in [2.75, 3.05) is 0 Å². The molecule has 5 heteroatoms. The zero-order valence-electron chi connectivity index (χ0n) is 13.2. The molecule has 0 saturated heterocycles. The van der Waals surface area contributed by atoms with Crippen LogP contribution in [0.4, 0.5) is 0 Å². The Bertz CT molecular complexity index is 849. The molecule has 0 aliphatic carbocycles. The number of nitrogens with one attached hydrogen (secondary N) is 1. The Morgan fingerprint density at radius 1 is 0.958 bits per heavy atom. The molecule has 2 N–H and O–H groups in total. The van der Waals surface area contributed by atoms with Gasteiger partial charge in [0.25, 0.3) is 5.91 Å². The maximum atomic E-state index is 12.2. The molecule has 0 aliphatic heterocycles.